The summed E-state index contributed by atoms with van der Waals surface area (Å²) >= 11 is 0. The van der Waals surface area contributed by atoms with E-state index in [9.17, 15) is 0 Å². The summed E-state index contributed by atoms with van der Waals surface area (Å²) in [6, 6.07) is 17.3. The molecule has 5 rings (SSSR count). The van der Waals surface area contributed by atoms with Crippen LogP contribution in [0.5, 0.6) is 5.75 Å². The van der Waals surface area contributed by atoms with E-state index >= 15 is 0 Å². The Kier molecular flexibility index (Phi) is 1.80. The molecule has 0 spiro atoms. The Morgan fingerprint density at radius 2 is 1.75 bits per heavy atom. The van der Waals surface area contributed by atoms with E-state index in [1.807, 2.05) is 0 Å². The molecule has 0 amide bonds. The number of hydrogen-bond acceptors (Lipinski definition) is 1. The monoisotopic (exact) mass is 256 g/mol. The lowest BCUT2D eigenvalue weighted by Crippen LogP contribution is -2.00. The quantitative estimate of drug-likeness (QED) is 0.469. The minimum absolute atomic E-state index is 0.684. The van der Waals surface area contributed by atoms with Gasteiger partial charge in [-0.2, -0.15) is 0 Å². The Balaban J connectivity index is 2.19. The number of ether oxygens (including phenoxy) is 1. The molecule has 0 atom stereocenters. The Hall–Kier alpha value is -2.54. The van der Waals surface area contributed by atoms with Crippen LogP contribution in [0.25, 0.3) is 22.9 Å². The van der Waals surface area contributed by atoms with E-state index in [0.717, 1.165) is 5.75 Å². The summed E-state index contributed by atoms with van der Waals surface area (Å²) in [6.45, 7) is 0.684. The van der Waals surface area contributed by atoms with Gasteiger partial charge in [0.2, 0.25) is 0 Å². The smallest absolute Gasteiger partial charge is 0.135 e. The van der Waals surface area contributed by atoms with Crippen LogP contribution in [-0.2, 0) is 0 Å². The lowest BCUT2D eigenvalue weighted by Gasteiger charge is -2.06. The van der Waals surface area contributed by atoms with Crippen LogP contribution < -0.4 is 15.2 Å². The van der Waals surface area contributed by atoms with Crippen molar-refractivity contribution in [1.29, 1.82) is 0 Å². The van der Waals surface area contributed by atoms with Crippen molar-refractivity contribution in [3.8, 4) is 5.75 Å². The third kappa shape index (κ3) is 1.17. The first kappa shape index (κ1) is 10.3. The van der Waals surface area contributed by atoms with Crippen LogP contribution in [0.15, 0.2) is 48.5 Å². The minimum atomic E-state index is 0.684. The fourth-order valence-corrected chi connectivity index (χ4v) is 3.38. The highest BCUT2D eigenvalue weighted by Crippen LogP contribution is 2.28. The predicted molar refractivity (Wildman–Crippen MR) is 80.8 cm³/mol. The van der Waals surface area contributed by atoms with E-state index in [1.54, 1.807) is 0 Å². The molecule has 0 N–H and O–H groups in total. The first-order chi connectivity index (χ1) is 9.92. The summed E-state index contributed by atoms with van der Waals surface area (Å²) in [7, 11) is 0. The van der Waals surface area contributed by atoms with Gasteiger partial charge in [-0.3, -0.25) is 0 Å². The van der Waals surface area contributed by atoms with Crippen LogP contribution in [-0.4, -0.2) is 6.61 Å². The Bertz CT molecular complexity index is 1090. The topological polar surface area (TPSA) is 9.23 Å². The zero-order valence-electron chi connectivity index (χ0n) is 10.9. The van der Waals surface area contributed by atoms with Gasteiger partial charge in [0.05, 0.1) is 0 Å². The molecule has 3 aromatic rings. The highest BCUT2D eigenvalue weighted by Gasteiger charge is 2.13. The molecular formula is C19H12O. The molecule has 20 heavy (non-hydrogen) atoms. The molecule has 1 heterocycles. The molecule has 0 bridgehead atoms. The molecule has 3 aromatic carbocycles. The van der Waals surface area contributed by atoms with E-state index in [0.29, 0.717) is 6.61 Å². The maximum atomic E-state index is 5.88. The van der Waals surface area contributed by atoms with Crippen LogP contribution in [0, 0.1) is 10.4 Å². The van der Waals surface area contributed by atoms with Crippen molar-refractivity contribution in [2.24, 2.45) is 0 Å². The molecule has 0 saturated carbocycles. The van der Waals surface area contributed by atoms with Crippen molar-refractivity contribution >= 4 is 22.9 Å². The molecular weight excluding hydrogens is 244 g/mol. The molecule has 0 fully saturated rings. The fourth-order valence-electron chi connectivity index (χ4n) is 3.38. The number of fused-ring (bicyclic) bond motifs is 6. The lowest BCUT2D eigenvalue weighted by molar-refractivity contribution is 0.390. The Labute approximate surface area is 115 Å². The molecule has 0 saturated heterocycles. The first-order valence-corrected chi connectivity index (χ1v) is 6.92. The maximum absolute atomic E-state index is 5.88. The van der Waals surface area contributed by atoms with Gasteiger partial charge < -0.3 is 4.74 Å². The van der Waals surface area contributed by atoms with Crippen LogP contribution >= 0.6 is 0 Å². The second-order valence-electron chi connectivity index (χ2n) is 5.36. The minimum Gasteiger partial charge on any atom is -0.488 e. The van der Waals surface area contributed by atoms with E-state index in [-0.39, 0.29) is 0 Å². The van der Waals surface area contributed by atoms with E-state index in [1.165, 1.54) is 37.2 Å². The van der Waals surface area contributed by atoms with Gasteiger partial charge in [-0.25, -0.2) is 0 Å². The second kappa shape index (κ2) is 3.51. The van der Waals surface area contributed by atoms with Crippen molar-refractivity contribution in [2.75, 3.05) is 6.61 Å². The highest BCUT2D eigenvalue weighted by atomic mass is 16.5. The van der Waals surface area contributed by atoms with E-state index in [2.05, 4.69) is 60.7 Å². The van der Waals surface area contributed by atoms with Gasteiger partial charge in [0.15, 0.2) is 0 Å². The van der Waals surface area contributed by atoms with Crippen LogP contribution in [0.2, 0.25) is 0 Å². The van der Waals surface area contributed by atoms with E-state index < -0.39 is 0 Å². The summed E-state index contributed by atoms with van der Waals surface area (Å²) in [5, 5.41) is 7.67. The van der Waals surface area contributed by atoms with Crippen molar-refractivity contribution in [1.82, 2.24) is 0 Å². The zero-order chi connectivity index (χ0) is 13.1. The summed E-state index contributed by atoms with van der Waals surface area (Å²) in [5.41, 5.74) is 1.29. The van der Waals surface area contributed by atoms with Crippen molar-refractivity contribution in [2.45, 2.75) is 0 Å². The normalized spacial score (nSPS) is 14.0. The second-order valence-corrected chi connectivity index (χ2v) is 5.36. The first-order valence-electron chi connectivity index (χ1n) is 6.92. The average Bonchev–Trinajstić information content (AvgIpc) is 3.10. The SMILES string of the molecule is C1=c2ccc3ccc4c(c3c2OC1)=c1ccccc1=C4. The standard InChI is InChI=1S/C19H12O/c1-2-4-16-14(3-1)11-15-8-6-12-5-7-13-9-10-20-19(13)18(12)17(15)16/h1-9,11H,10H2. The van der Waals surface area contributed by atoms with Gasteiger partial charge in [-0.1, -0.05) is 48.5 Å². The molecule has 1 aliphatic carbocycles. The molecule has 1 nitrogen and oxygen atoms in total. The molecule has 1 aliphatic heterocycles. The van der Waals surface area contributed by atoms with Crippen LogP contribution in [0.3, 0.4) is 0 Å². The number of hydrogen-bond donors (Lipinski definition) is 0. The van der Waals surface area contributed by atoms with Crippen LogP contribution in [0.1, 0.15) is 5.56 Å². The van der Waals surface area contributed by atoms with Gasteiger partial charge in [-0.15, -0.1) is 0 Å². The third-order valence-electron chi connectivity index (χ3n) is 4.27. The van der Waals surface area contributed by atoms with Crippen LogP contribution in [0.4, 0.5) is 0 Å². The van der Waals surface area contributed by atoms with Gasteiger partial charge >= 0.3 is 0 Å². The summed E-state index contributed by atoms with van der Waals surface area (Å²) in [6.07, 6.45) is 4.42. The molecule has 0 unspecified atom stereocenters. The summed E-state index contributed by atoms with van der Waals surface area (Å²) in [4.78, 5) is 0. The van der Waals surface area contributed by atoms with Gasteiger partial charge in [0.25, 0.3) is 0 Å². The molecule has 0 radical (unpaired) electrons. The highest BCUT2D eigenvalue weighted by molar-refractivity contribution is 5.92. The maximum Gasteiger partial charge on any atom is 0.135 e. The number of rotatable bonds is 0. The zero-order valence-corrected chi connectivity index (χ0v) is 10.9. The van der Waals surface area contributed by atoms with Gasteiger partial charge in [-0.05, 0) is 33.5 Å². The van der Waals surface area contributed by atoms with Gasteiger partial charge in [0, 0.05) is 15.8 Å². The molecule has 94 valence electrons. The van der Waals surface area contributed by atoms with Gasteiger partial charge in [0.1, 0.15) is 12.4 Å². The average molecular weight is 256 g/mol. The lowest BCUT2D eigenvalue weighted by atomic mass is 10.0. The third-order valence-corrected chi connectivity index (χ3v) is 4.27. The van der Waals surface area contributed by atoms with Crippen molar-refractivity contribution < 1.29 is 4.74 Å². The fraction of sp³-hybridized carbons (Fsp3) is 0.0526. The summed E-state index contributed by atoms with van der Waals surface area (Å²) in [5.74, 6) is 1.05. The predicted octanol–water partition coefficient (Wildman–Crippen LogP) is 2.44. The van der Waals surface area contributed by atoms with Crippen molar-refractivity contribution in [3.05, 3.63) is 75.0 Å². The molecule has 2 aliphatic rings. The number of benzene rings is 3. The summed E-state index contributed by atoms with van der Waals surface area (Å²) < 4.78 is 5.88. The molecule has 0 aromatic heterocycles. The van der Waals surface area contributed by atoms with Crippen molar-refractivity contribution in [3.63, 3.8) is 0 Å². The van der Waals surface area contributed by atoms with E-state index in [4.69, 9.17) is 4.74 Å². The largest absolute Gasteiger partial charge is 0.488 e. The molecule has 1 heteroatoms. The Morgan fingerprint density at radius 3 is 2.75 bits per heavy atom. The Morgan fingerprint density at radius 1 is 0.850 bits per heavy atom.